The zero-order valence-corrected chi connectivity index (χ0v) is 18.7. The lowest BCUT2D eigenvalue weighted by Crippen LogP contribution is -2.12. The lowest BCUT2D eigenvalue weighted by atomic mass is 10.1. The summed E-state index contributed by atoms with van der Waals surface area (Å²) in [6.07, 6.45) is 21.9. The molecule has 4 heteroatoms. The van der Waals surface area contributed by atoms with E-state index in [4.69, 9.17) is 9.84 Å². The van der Waals surface area contributed by atoms with Crippen molar-refractivity contribution in [1.82, 2.24) is 0 Å². The number of ether oxygens (including phenoxy) is 1. The van der Waals surface area contributed by atoms with E-state index in [0.29, 0.717) is 6.61 Å². The van der Waals surface area contributed by atoms with Gasteiger partial charge in [-0.15, -0.1) is 0 Å². The van der Waals surface area contributed by atoms with Gasteiger partial charge in [0.15, 0.2) is 0 Å². The van der Waals surface area contributed by atoms with Crippen LogP contribution in [0.25, 0.3) is 0 Å². The molecule has 0 saturated carbocycles. The molecule has 0 aliphatic carbocycles. The Morgan fingerprint density at radius 2 is 1.27 bits per heavy atom. The molecule has 0 aliphatic rings. The molecule has 0 unspecified atom stereocenters. The number of hydrogen-bond acceptors (Lipinski definition) is 3. The van der Waals surface area contributed by atoms with Gasteiger partial charge in [-0.1, -0.05) is 95.4 Å². The molecular weight excluding hydrogens is 376 g/mol. The van der Waals surface area contributed by atoms with Crippen LogP contribution in [-0.2, 0) is 4.74 Å². The van der Waals surface area contributed by atoms with Crippen molar-refractivity contribution >= 4 is 11.9 Å². The van der Waals surface area contributed by atoms with Crippen LogP contribution in [-0.4, -0.2) is 23.7 Å². The van der Waals surface area contributed by atoms with Crippen LogP contribution in [0.3, 0.4) is 0 Å². The van der Waals surface area contributed by atoms with Gasteiger partial charge in [0.05, 0.1) is 17.7 Å². The van der Waals surface area contributed by atoms with Crippen molar-refractivity contribution in [2.75, 3.05) is 6.61 Å². The van der Waals surface area contributed by atoms with Crippen molar-refractivity contribution in [1.29, 1.82) is 0 Å². The van der Waals surface area contributed by atoms with E-state index in [0.717, 1.165) is 19.3 Å². The maximum Gasteiger partial charge on any atom is 0.339 e. The summed E-state index contributed by atoms with van der Waals surface area (Å²) < 4.78 is 5.23. The van der Waals surface area contributed by atoms with Crippen LogP contribution in [0, 0.1) is 0 Å². The van der Waals surface area contributed by atoms with E-state index in [2.05, 4.69) is 19.1 Å². The molecular formula is C26H40O4. The zero-order valence-electron chi connectivity index (χ0n) is 18.7. The molecule has 1 rings (SSSR count). The number of esters is 1. The van der Waals surface area contributed by atoms with Crippen molar-refractivity contribution in [3.8, 4) is 0 Å². The van der Waals surface area contributed by atoms with Crippen molar-refractivity contribution in [3.63, 3.8) is 0 Å². The third-order valence-corrected chi connectivity index (χ3v) is 5.25. The Balaban J connectivity index is 1.91. The third-order valence-electron chi connectivity index (χ3n) is 5.25. The number of rotatable bonds is 18. The predicted octanol–water partition coefficient (Wildman–Crippen LogP) is 7.58. The number of carboxylic acid groups (broad SMARTS) is 1. The van der Waals surface area contributed by atoms with Crippen LogP contribution in [0.4, 0.5) is 0 Å². The first kappa shape index (κ1) is 25.9. The van der Waals surface area contributed by atoms with E-state index in [1.54, 1.807) is 12.1 Å². The highest BCUT2D eigenvalue weighted by Gasteiger charge is 2.16. The molecule has 0 radical (unpaired) electrons. The van der Waals surface area contributed by atoms with Crippen molar-refractivity contribution < 1.29 is 19.4 Å². The van der Waals surface area contributed by atoms with E-state index in [9.17, 15) is 9.59 Å². The van der Waals surface area contributed by atoms with Crippen LogP contribution in [0.1, 0.15) is 118 Å². The minimum Gasteiger partial charge on any atom is -0.478 e. The average molecular weight is 417 g/mol. The van der Waals surface area contributed by atoms with Gasteiger partial charge in [-0.2, -0.15) is 0 Å². The Morgan fingerprint density at radius 3 is 1.83 bits per heavy atom. The molecule has 4 nitrogen and oxygen atoms in total. The van der Waals surface area contributed by atoms with Crippen molar-refractivity contribution in [2.24, 2.45) is 0 Å². The van der Waals surface area contributed by atoms with E-state index in [1.807, 2.05) is 0 Å². The predicted molar refractivity (Wildman–Crippen MR) is 123 cm³/mol. The number of allylic oxidation sites excluding steroid dienone is 2. The van der Waals surface area contributed by atoms with Gasteiger partial charge in [-0.3, -0.25) is 0 Å². The first-order chi connectivity index (χ1) is 14.7. The standard InChI is InChI=1S/C26H40O4/c1-2-3-4-5-6-7-8-9-10-11-12-13-14-15-16-19-22-30-26(29)24-21-18-17-20-23(24)25(27)28/h4-5,17-18,20-21H,2-3,6-16,19,22H2,1H3,(H,27,28)/b5-4+. The van der Waals surface area contributed by atoms with Crippen LogP contribution in [0.5, 0.6) is 0 Å². The maximum absolute atomic E-state index is 12.0. The Hall–Kier alpha value is -2.10. The summed E-state index contributed by atoms with van der Waals surface area (Å²) in [7, 11) is 0. The monoisotopic (exact) mass is 416 g/mol. The summed E-state index contributed by atoms with van der Waals surface area (Å²) in [4.78, 5) is 23.2. The van der Waals surface area contributed by atoms with Gasteiger partial charge in [0.1, 0.15) is 0 Å². The van der Waals surface area contributed by atoms with E-state index in [1.165, 1.54) is 82.8 Å². The number of hydrogen-bond donors (Lipinski definition) is 1. The van der Waals surface area contributed by atoms with E-state index < -0.39 is 11.9 Å². The van der Waals surface area contributed by atoms with Crippen molar-refractivity contribution in [3.05, 3.63) is 47.5 Å². The van der Waals surface area contributed by atoms with Crippen LogP contribution >= 0.6 is 0 Å². The number of carbonyl (C=O) groups excluding carboxylic acids is 1. The molecule has 30 heavy (non-hydrogen) atoms. The fourth-order valence-corrected chi connectivity index (χ4v) is 3.45. The largest absolute Gasteiger partial charge is 0.478 e. The van der Waals surface area contributed by atoms with Gasteiger partial charge < -0.3 is 9.84 Å². The van der Waals surface area contributed by atoms with Gasteiger partial charge in [0.25, 0.3) is 0 Å². The highest BCUT2D eigenvalue weighted by Crippen LogP contribution is 2.13. The molecule has 0 amide bonds. The highest BCUT2D eigenvalue weighted by atomic mass is 16.5. The molecule has 0 atom stereocenters. The summed E-state index contributed by atoms with van der Waals surface area (Å²) in [6, 6.07) is 6.17. The highest BCUT2D eigenvalue weighted by molar-refractivity contribution is 6.02. The van der Waals surface area contributed by atoms with Gasteiger partial charge >= 0.3 is 11.9 Å². The molecule has 0 fully saturated rings. The maximum atomic E-state index is 12.0. The third kappa shape index (κ3) is 12.5. The lowest BCUT2D eigenvalue weighted by Gasteiger charge is -2.07. The molecule has 0 aromatic heterocycles. The molecule has 0 spiro atoms. The van der Waals surface area contributed by atoms with Gasteiger partial charge in [0, 0.05) is 0 Å². The lowest BCUT2D eigenvalue weighted by molar-refractivity contribution is 0.0487. The Labute approximate surface area is 182 Å². The summed E-state index contributed by atoms with van der Waals surface area (Å²) in [5.74, 6) is -1.66. The Morgan fingerprint density at radius 1 is 0.767 bits per heavy atom. The van der Waals surface area contributed by atoms with Crippen LogP contribution in [0.15, 0.2) is 36.4 Å². The smallest absolute Gasteiger partial charge is 0.339 e. The normalized spacial score (nSPS) is 11.1. The number of unbranched alkanes of at least 4 members (excludes halogenated alkanes) is 12. The topological polar surface area (TPSA) is 63.6 Å². The summed E-state index contributed by atoms with van der Waals surface area (Å²) in [5.41, 5.74) is 0.115. The first-order valence-electron chi connectivity index (χ1n) is 11.8. The number of benzene rings is 1. The van der Waals surface area contributed by atoms with Crippen molar-refractivity contribution in [2.45, 2.75) is 96.8 Å². The van der Waals surface area contributed by atoms with Gasteiger partial charge in [0.2, 0.25) is 0 Å². The van der Waals surface area contributed by atoms with E-state index in [-0.39, 0.29) is 11.1 Å². The second-order valence-electron chi connectivity index (χ2n) is 7.92. The molecule has 1 aromatic rings. The van der Waals surface area contributed by atoms with Gasteiger partial charge in [-0.25, -0.2) is 9.59 Å². The molecule has 0 bridgehead atoms. The Bertz CT molecular complexity index is 621. The second-order valence-corrected chi connectivity index (χ2v) is 7.92. The fourth-order valence-electron chi connectivity index (χ4n) is 3.45. The van der Waals surface area contributed by atoms with Crippen LogP contribution < -0.4 is 0 Å². The molecule has 0 heterocycles. The second kappa shape index (κ2) is 17.7. The number of carboxylic acids is 1. The SMILES string of the molecule is CCC/C=C/CCCCCCCCCCCCCOC(=O)c1ccccc1C(=O)O. The summed E-state index contributed by atoms with van der Waals surface area (Å²) >= 11 is 0. The molecule has 1 aromatic carbocycles. The quantitative estimate of drug-likeness (QED) is 0.152. The van der Waals surface area contributed by atoms with Gasteiger partial charge in [-0.05, 0) is 37.8 Å². The molecule has 168 valence electrons. The zero-order chi connectivity index (χ0) is 21.9. The minimum absolute atomic E-state index is 0.00805. The molecule has 0 saturated heterocycles. The minimum atomic E-state index is -1.11. The fraction of sp³-hybridized carbons (Fsp3) is 0.615. The first-order valence-corrected chi connectivity index (χ1v) is 11.8. The average Bonchev–Trinajstić information content (AvgIpc) is 2.75. The van der Waals surface area contributed by atoms with Crippen LogP contribution in [0.2, 0.25) is 0 Å². The summed E-state index contributed by atoms with van der Waals surface area (Å²) in [6.45, 7) is 2.56. The molecule has 1 N–H and O–H groups in total. The number of carbonyl (C=O) groups is 2. The Kier molecular flexibility index (Phi) is 15.3. The number of aromatic carboxylic acids is 1. The summed E-state index contributed by atoms with van der Waals surface area (Å²) in [5, 5.41) is 9.12. The molecule has 0 aliphatic heterocycles. The van der Waals surface area contributed by atoms with E-state index >= 15 is 0 Å².